The molecule has 2 atom stereocenters. The molecule has 0 amide bonds. The number of benzene rings is 1. The number of hydrogen-bond acceptors (Lipinski definition) is 2. The van der Waals surface area contributed by atoms with Crippen molar-refractivity contribution in [1.29, 1.82) is 0 Å². The second kappa shape index (κ2) is 5.14. The van der Waals surface area contributed by atoms with Crippen LogP contribution in [0.5, 0.6) is 0 Å². The van der Waals surface area contributed by atoms with Crippen LogP contribution in [0.2, 0.25) is 5.02 Å². The Morgan fingerprint density at radius 2 is 2.00 bits per heavy atom. The maximum atomic E-state index is 10.7. The summed E-state index contributed by atoms with van der Waals surface area (Å²) in [4.78, 5) is 10.7. The molecule has 0 aliphatic carbocycles. The van der Waals surface area contributed by atoms with E-state index in [2.05, 4.69) is 5.32 Å². The van der Waals surface area contributed by atoms with Crippen molar-refractivity contribution >= 4 is 17.6 Å². The molecule has 1 aromatic carbocycles. The van der Waals surface area contributed by atoms with Gasteiger partial charge in [0.1, 0.15) is 6.04 Å². The average molecular weight is 228 g/mol. The summed E-state index contributed by atoms with van der Waals surface area (Å²) in [6.45, 7) is 3.50. The summed E-state index contributed by atoms with van der Waals surface area (Å²) in [5, 5.41) is 12.4. The lowest BCUT2D eigenvalue weighted by molar-refractivity contribution is -0.139. The van der Waals surface area contributed by atoms with E-state index in [4.69, 9.17) is 16.7 Å². The Morgan fingerprint density at radius 3 is 2.53 bits per heavy atom. The van der Waals surface area contributed by atoms with Crippen LogP contribution in [-0.4, -0.2) is 17.1 Å². The van der Waals surface area contributed by atoms with E-state index in [9.17, 15) is 4.79 Å². The molecule has 0 aromatic heterocycles. The number of carbonyl (C=O) groups is 1. The summed E-state index contributed by atoms with van der Waals surface area (Å²) in [7, 11) is 0. The average Bonchev–Trinajstić information content (AvgIpc) is 2.18. The van der Waals surface area contributed by atoms with Crippen LogP contribution >= 0.6 is 11.6 Å². The van der Waals surface area contributed by atoms with Crippen LogP contribution in [0.15, 0.2) is 24.3 Å². The van der Waals surface area contributed by atoms with Gasteiger partial charge in [0.2, 0.25) is 0 Å². The lowest BCUT2D eigenvalue weighted by Crippen LogP contribution is -2.35. The summed E-state index contributed by atoms with van der Waals surface area (Å²) in [5.74, 6) is -0.867. The maximum Gasteiger partial charge on any atom is 0.320 e. The highest BCUT2D eigenvalue weighted by Crippen LogP contribution is 2.22. The molecule has 82 valence electrons. The molecule has 0 saturated heterocycles. The molecule has 2 N–H and O–H groups in total. The number of halogens is 1. The number of carboxylic acids is 1. The standard InChI is InChI=1S/C11H14ClNO2/c1-7(13-8(2)11(14)15)9-5-3-4-6-10(9)12/h3-8,13H,1-2H3,(H,14,15)/t7-,8?/m0/s1. The van der Waals surface area contributed by atoms with Gasteiger partial charge < -0.3 is 5.11 Å². The second-order valence-electron chi connectivity index (χ2n) is 3.47. The van der Waals surface area contributed by atoms with Gasteiger partial charge in [-0.25, -0.2) is 0 Å². The van der Waals surface area contributed by atoms with Crippen molar-refractivity contribution in [3.63, 3.8) is 0 Å². The molecule has 0 bridgehead atoms. The second-order valence-corrected chi connectivity index (χ2v) is 3.88. The molecule has 4 heteroatoms. The van der Waals surface area contributed by atoms with Gasteiger partial charge in [-0.05, 0) is 25.5 Å². The molecule has 1 rings (SSSR count). The van der Waals surface area contributed by atoms with Crippen LogP contribution in [0.1, 0.15) is 25.5 Å². The number of hydrogen-bond donors (Lipinski definition) is 2. The smallest absolute Gasteiger partial charge is 0.320 e. The lowest BCUT2D eigenvalue weighted by atomic mass is 10.1. The lowest BCUT2D eigenvalue weighted by Gasteiger charge is -2.18. The molecule has 0 spiro atoms. The molecule has 0 radical (unpaired) electrons. The van der Waals surface area contributed by atoms with E-state index in [0.717, 1.165) is 5.56 Å². The van der Waals surface area contributed by atoms with Crippen LogP contribution in [0.25, 0.3) is 0 Å². The maximum absolute atomic E-state index is 10.7. The number of aliphatic carboxylic acids is 1. The number of nitrogens with one attached hydrogen (secondary N) is 1. The van der Waals surface area contributed by atoms with Gasteiger partial charge in [0.25, 0.3) is 0 Å². The van der Waals surface area contributed by atoms with Crippen LogP contribution in [0.3, 0.4) is 0 Å². The van der Waals surface area contributed by atoms with E-state index >= 15 is 0 Å². The van der Waals surface area contributed by atoms with Crippen molar-refractivity contribution in [3.8, 4) is 0 Å². The van der Waals surface area contributed by atoms with Crippen LogP contribution < -0.4 is 5.32 Å². The van der Waals surface area contributed by atoms with E-state index in [1.165, 1.54) is 0 Å². The molecule has 1 unspecified atom stereocenters. The normalized spacial score (nSPS) is 14.6. The van der Waals surface area contributed by atoms with E-state index in [1.807, 2.05) is 25.1 Å². The van der Waals surface area contributed by atoms with Gasteiger partial charge >= 0.3 is 5.97 Å². The highest BCUT2D eigenvalue weighted by molar-refractivity contribution is 6.31. The van der Waals surface area contributed by atoms with E-state index in [0.29, 0.717) is 5.02 Å². The first-order valence-electron chi connectivity index (χ1n) is 4.75. The molecule has 0 fully saturated rings. The summed E-state index contributed by atoms with van der Waals surface area (Å²) in [6.07, 6.45) is 0. The van der Waals surface area contributed by atoms with Gasteiger partial charge in [0, 0.05) is 11.1 Å². The van der Waals surface area contributed by atoms with Gasteiger partial charge in [-0.15, -0.1) is 0 Å². The molecule has 3 nitrogen and oxygen atoms in total. The van der Waals surface area contributed by atoms with Crippen molar-refractivity contribution < 1.29 is 9.90 Å². The Morgan fingerprint density at radius 1 is 1.40 bits per heavy atom. The van der Waals surface area contributed by atoms with Gasteiger partial charge in [0.05, 0.1) is 0 Å². The quantitative estimate of drug-likeness (QED) is 0.831. The molecule has 0 saturated carbocycles. The molecular formula is C11H14ClNO2. The molecule has 0 aliphatic heterocycles. The topological polar surface area (TPSA) is 49.3 Å². The van der Waals surface area contributed by atoms with Gasteiger partial charge in [-0.2, -0.15) is 0 Å². The summed E-state index contributed by atoms with van der Waals surface area (Å²) in [5.41, 5.74) is 0.910. The third-order valence-electron chi connectivity index (χ3n) is 2.24. The fourth-order valence-electron chi connectivity index (χ4n) is 1.36. The Kier molecular flexibility index (Phi) is 4.12. The largest absolute Gasteiger partial charge is 0.480 e. The van der Waals surface area contributed by atoms with Crippen LogP contribution in [-0.2, 0) is 4.79 Å². The minimum atomic E-state index is -0.867. The third kappa shape index (κ3) is 3.22. The van der Waals surface area contributed by atoms with Crippen molar-refractivity contribution in [1.82, 2.24) is 5.32 Å². The zero-order chi connectivity index (χ0) is 11.4. The highest BCUT2D eigenvalue weighted by atomic mass is 35.5. The van der Waals surface area contributed by atoms with E-state index in [1.54, 1.807) is 13.0 Å². The Labute approximate surface area is 94.1 Å². The van der Waals surface area contributed by atoms with Crippen LogP contribution in [0, 0.1) is 0 Å². The Balaban J connectivity index is 2.73. The monoisotopic (exact) mass is 227 g/mol. The summed E-state index contributed by atoms with van der Waals surface area (Å²) in [6, 6.07) is 6.74. The molecular weight excluding hydrogens is 214 g/mol. The van der Waals surface area contributed by atoms with Gasteiger partial charge in [0.15, 0.2) is 0 Å². The van der Waals surface area contributed by atoms with Crippen molar-refractivity contribution in [2.75, 3.05) is 0 Å². The van der Waals surface area contributed by atoms with Gasteiger partial charge in [-0.1, -0.05) is 29.8 Å². The van der Waals surface area contributed by atoms with Crippen molar-refractivity contribution in [2.24, 2.45) is 0 Å². The van der Waals surface area contributed by atoms with Crippen molar-refractivity contribution in [3.05, 3.63) is 34.9 Å². The first-order chi connectivity index (χ1) is 7.02. The first kappa shape index (κ1) is 12.0. The zero-order valence-electron chi connectivity index (χ0n) is 8.70. The summed E-state index contributed by atoms with van der Waals surface area (Å²) >= 11 is 5.99. The minimum Gasteiger partial charge on any atom is -0.480 e. The fourth-order valence-corrected chi connectivity index (χ4v) is 1.66. The molecule has 0 aliphatic rings. The Bertz CT molecular complexity index is 354. The van der Waals surface area contributed by atoms with E-state index < -0.39 is 12.0 Å². The first-order valence-corrected chi connectivity index (χ1v) is 5.13. The van der Waals surface area contributed by atoms with E-state index in [-0.39, 0.29) is 6.04 Å². The van der Waals surface area contributed by atoms with Crippen LogP contribution in [0.4, 0.5) is 0 Å². The minimum absolute atomic E-state index is 0.0789. The third-order valence-corrected chi connectivity index (χ3v) is 2.59. The molecule has 0 heterocycles. The predicted molar refractivity (Wildman–Crippen MR) is 60.1 cm³/mol. The molecule has 1 aromatic rings. The highest BCUT2D eigenvalue weighted by Gasteiger charge is 2.16. The van der Waals surface area contributed by atoms with Crippen molar-refractivity contribution in [2.45, 2.75) is 25.9 Å². The molecule has 15 heavy (non-hydrogen) atoms. The number of carboxylic acid groups (broad SMARTS) is 1. The SMILES string of the molecule is CC(N[C@@H](C)c1ccccc1Cl)C(=O)O. The predicted octanol–water partition coefficient (Wildman–Crippen LogP) is 2.46. The summed E-state index contributed by atoms with van der Waals surface area (Å²) < 4.78 is 0. The Hall–Kier alpha value is -1.06. The number of rotatable bonds is 4. The zero-order valence-corrected chi connectivity index (χ0v) is 9.45. The fraction of sp³-hybridized carbons (Fsp3) is 0.364. The van der Waals surface area contributed by atoms with Gasteiger partial charge in [-0.3, -0.25) is 10.1 Å².